The third-order valence-electron chi connectivity index (χ3n) is 7.28. The molecule has 0 aromatic heterocycles. The normalized spacial score (nSPS) is 22.5. The van der Waals surface area contributed by atoms with Crippen molar-refractivity contribution in [2.24, 2.45) is 16.8 Å². The summed E-state index contributed by atoms with van der Waals surface area (Å²) in [4.78, 5) is 45.7. The number of hydrogen-bond donors (Lipinski definition) is 0. The molecule has 1 saturated carbocycles. The number of ether oxygens (including phenoxy) is 4. The minimum atomic E-state index is -1.05. The van der Waals surface area contributed by atoms with E-state index < -0.39 is 35.6 Å². The Kier molecular flexibility index (Phi) is 8.84. The number of fused-ring (bicyclic) bond motifs is 1. The second kappa shape index (κ2) is 12.3. The van der Waals surface area contributed by atoms with E-state index in [4.69, 9.17) is 23.9 Å². The predicted molar refractivity (Wildman–Crippen MR) is 146 cm³/mol. The van der Waals surface area contributed by atoms with Gasteiger partial charge in [-0.1, -0.05) is 24.3 Å². The first-order valence-corrected chi connectivity index (χ1v) is 13.4. The molecule has 2 aromatic carbocycles. The Labute approximate surface area is 229 Å². The fourth-order valence-electron chi connectivity index (χ4n) is 5.62. The van der Waals surface area contributed by atoms with Crippen molar-refractivity contribution in [1.82, 2.24) is 0 Å². The molecule has 1 heterocycles. The smallest absolute Gasteiger partial charge is 0.336 e. The molecular weight excluding hydrogens is 498 g/mol. The van der Waals surface area contributed by atoms with Gasteiger partial charge in [0.25, 0.3) is 0 Å². The highest BCUT2D eigenvalue weighted by molar-refractivity contribution is 6.17. The molecule has 0 saturated heterocycles. The van der Waals surface area contributed by atoms with Gasteiger partial charge in [0.15, 0.2) is 5.78 Å². The van der Waals surface area contributed by atoms with E-state index in [-0.39, 0.29) is 19.0 Å². The lowest BCUT2D eigenvalue weighted by Crippen LogP contribution is -2.48. The average Bonchev–Trinajstić information content (AvgIpc) is 2.93. The van der Waals surface area contributed by atoms with Crippen molar-refractivity contribution in [2.75, 3.05) is 26.9 Å². The van der Waals surface area contributed by atoms with Crippen LogP contribution < -0.4 is 9.47 Å². The largest absolute Gasteiger partial charge is 0.497 e. The summed E-state index contributed by atoms with van der Waals surface area (Å²) in [5.74, 6) is -3.02. The van der Waals surface area contributed by atoms with Gasteiger partial charge in [-0.05, 0) is 69.5 Å². The van der Waals surface area contributed by atoms with Gasteiger partial charge in [-0.3, -0.25) is 14.6 Å². The van der Waals surface area contributed by atoms with Gasteiger partial charge >= 0.3 is 11.9 Å². The molecule has 0 N–H and O–H groups in total. The standard InChI is InChI=1S/C31H35NO7/c1-6-37-22-15-11-20(12-16-22)26-25(30(34)38-7-2)18(4)32-24-17-23(19-9-13-21(36-5)14-10-19)27(29(33)28(24)26)31(35)39-8-3/h9-16,23,26-28H,6-8,17H2,1-5H3/t23-,26-,27+,28?/m1/s1. The molecule has 1 aliphatic carbocycles. The molecule has 0 bridgehead atoms. The summed E-state index contributed by atoms with van der Waals surface area (Å²) in [6, 6.07) is 14.7. The fourth-order valence-corrected chi connectivity index (χ4v) is 5.62. The molecule has 4 rings (SSSR count). The van der Waals surface area contributed by atoms with Crippen molar-refractivity contribution in [2.45, 2.75) is 46.0 Å². The number of esters is 2. The molecule has 2 aliphatic rings. The number of Topliss-reactive ketones (excluding diaryl/α,β-unsaturated/α-hetero) is 1. The number of carbonyl (C=O) groups is 3. The highest BCUT2D eigenvalue weighted by Gasteiger charge is 2.53. The van der Waals surface area contributed by atoms with Crippen LogP contribution in [0, 0.1) is 11.8 Å². The molecule has 39 heavy (non-hydrogen) atoms. The van der Waals surface area contributed by atoms with Gasteiger partial charge in [-0.25, -0.2) is 4.79 Å². The van der Waals surface area contributed by atoms with E-state index in [0.717, 1.165) is 11.1 Å². The number of rotatable bonds is 9. The lowest BCUT2D eigenvalue weighted by molar-refractivity contribution is -0.153. The van der Waals surface area contributed by atoms with Gasteiger partial charge in [-0.15, -0.1) is 0 Å². The number of carbonyl (C=O) groups excluding carboxylic acids is 3. The monoisotopic (exact) mass is 533 g/mol. The van der Waals surface area contributed by atoms with Crippen molar-refractivity contribution in [3.63, 3.8) is 0 Å². The molecule has 0 radical (unpaired) electrons. The van der Waals surface area contributed by atoms with Crippen molar-refractivity contribution in [3.8, 4) is 11.5 Å². The SMILES string of the molecule is CCOC(=O)C1=C(C)N=C2C[C@H](c3ccc(OC)cc3)[C@H](C(=O)OCC)C(=O)C2[C@@H]1c1ccc(OCC)cc1. The van der Waals surface area contributed by atoms with Crippen LogP contribution in [0.4, 0.5) is 0 Å². The van der Waals surface area contributed by atoms with Crippen LogP contribution in [-0.4, -0.2) is 50.4 Å². The summed E-state index contributed by atoms with van der Waals surface area (Å²) in [5.41, 5.74) is 3.05. The number of hydrogen-bond acceptors (Lipinski definition) is 8. The van der Waals surface area contributed by atoms with Gasteiger partial charge in [0.05, 0.1) is 38.4 Å². The van der Waals surface area contributed by atoms with E-state index in [1.54, 1.807) is 27.9 Å². The fraction of sp³-hybridized carbons (Fsp3) is 0.419. The summed E-state index contributed by atoms with van der Waals surface area (Å²) in [7, 11) is 1.58. The number of aliphatic imine (C=N–C) groups is 1. The Balaban J connectivity index is 1.85. The Morgan fingerprint density at radius 1 is 0.846 bits per heavy atom. The van der Waals surface area contributed by atoms with Crippen LogP contribution in [-0.2, 0) is 23.9 Å². The summed E-state index contributed by atoms with van der Waals surface area (Å²) in [5, 5.41) is 0. The van der Waals surface area contributed by atoms with E-state index in [1.165, 1.54) is 0 Å². The lowest BCUT2D eigenvalue weighted by Gasteiger charge is -2.41. The third kappa shape index (κ3) is 5.60. The quantitative estimate of drug-likeness (QED) is 0.330. The van der Waals surface area contributed by atoms with E-state index in [0.29, 0.717) is 41.5 Å². The highest BCUT2D eigenvalue weighted by Crippen LogP contribution is 2.48. The van der Waals surface area contributed by atoms with Crippen LogP contribution in [0.15, 0.2) is 64.8 Å². The first-order chi connectivity index (χ1) is 18.8. The molecule has 206 valence electrons. The Morgan fingerprint density at radius 2 is 1.46 bits per heavy atom. The minimum Gasteiger partial charge on any atom is -0.497 e. The van der Waals surface area contributed by atoms with Gasteiger partial charge in [0.1, 0.15) is 17.4 Å². The van der Waals surface area contributed by atoms with Crippen LogP contribution >= 0.6 is 0 Å². The zero-order valence-electron chi connectivity index (χ0n) is 23.1. The van der Waals surface area contributed by atoms with Gasteiger partial charge in [0, 0.05) is 23.2 Å². The summed E-state index contributed by atoms with van der Waals surface area (Å²) in [6.45, 7) is 7.97. The van der Waals surface area contributed by atoms with Crippen LogP contribution in [0.25, 0.3) is 0 Å². The van der Waals surface area contributed by atoms with Gasteiger partial charge in [0.2, 0.25) is 0 Å². The molecule has 0 spiro atoms. The number of benzene rings is 2. The Hall–Kier alpha value is -3.94. The van der Waals surface area contributed by atoms with Gasteiger partial charge < -0.3 is 18.9 Å². The first kappa shape index (κ1) is 28.1. The van der Waals surface area contributed by atoms with E-state index in [2.05, 4.69) is 0 Å². The van der Waals surface area contributed by atoms with Crippen LogP contribution in [0.5, 0.6) is 11.5 Å². The highest BCUT2D eigenvalue weighted by atomic mass is 16.5. The molecule has 1 unspecified atom stereocenters. The topological polar surface area (TPSA) is 100 Å². The number of methoxy groups -OCH3 is 1. The van der Waals surface area contributed by atoms with Gasteiger partial charge in [-0.2, -0.15) is 0 Å². The number of nitrogens with zero attached hydrogens (tertiary/aromatic N) is 1. The van der Waals surface area contributed by atoms with Crippen molar-refractivity contribution < 1.29 is 33.3 Å². The number of allylic oxidation sites excluding steroid dienone is 1. The van der Waals surface area contributed by atoms with E-state index in [9.17, 15) is 14.4 Å². The summed E-state index contributed by atoms with van der Waals surface area (Å²) >= 11 is 0. The second-order valence-electron chi connectivity index (χ2n) is 9.50. The zero-order valence-corrected chi connectivity index (χ0v) is 23.1. The molecule has 0 amide bonds. The predicted octanol–water partition coefficient (Wildman–Crippen LogP) is 5.02. The average molecular weight is 534 g/mol. The van der Waals surface area contributed by atoms with Crippen molar-refractivity contribution >= 4 is 23.4 Å². The molecule has 8 nitrogen and oxygen atoms in total. The summed E-state index contributed by atoms with van der Waals surface area (Å²) in [6.07, 6.45) is 0.368. The molecule has 1 fully saturated rings. The molecule has 1 aliphatic heterocycles. The first-order valence-electron chi connectivity index (χ1n) is 13.4. The maximum Gasteiger partial charge on any atom is 0.336 e. The van der Waals surface area contributed by atoms with Crippen LogP contribution in [0.1, 0.15) is 57.1 Å². The summed E-state index contributed by atoms with van der Waals surface area (Å²) < 4.78 is 21.7. The van der Waals surface area contributed by atoms with Crippen molar-refractivity contribution in [3.05, 3.63) is 70.9 Å². The zero-order chi connectivity index (χ0) is 28.1. The maximum absolute atomic E-state index is 14.4. The minimum absolute atomic E-state index is 0.152. The molecule has 2 aromatic rings. The molecule has 8 heteroatoms. The molecule has 4 atom stereocenters. The lowest BCUT2D eigenvalue weighted by atomic mass is 9.62. The van der Waals surface area contributed by atoms with Crippen molar-refractivity contribution in [1.29, 1.82) is 0 Å². The Bertz CT molecular complexity index is 1280. The maximum atomic E-state index is 14.4. The van der Waals surface area contributed by atoms with E-state index >= 15 is 0 Å². The van der Waals surface area contributed by atoms with E-state index in [1.807, 2.05) is 55.5 Å². The Morgan fingerprint density at radius 3 is 2.05 bits per heavy atom. The molecular formula is C31H35NO7. The third-order valence-corrected chi connectivity index (χ3v) is 7.28. The number of ketones is 1. The second-order valence-corrected chi connectivity index (χ2v) is 9.50. The van der Waals surface area contributed by atoms with Crippen LogP contribution in [0.3, 0.4) is 0 Å². The van der Waals surface area contributed by atoms with Crippen LogP contribution in [0.2, 0.25) is 0 Å².